The standard InChI is InChI=1S/C10H6O2.C6H6O.CH4/c11-9-6-5-7-3-1-2-4-8(7)10(9)12;7-6-4-2-1-3-5-6;/h1-6H;1-5,7H;1H4. The molecule has 0 saturated heterocycles. The van der Waals surface area contributed by atoms with Crippen molar-refractivity contribution in [3.05, 3.63) is 71.8 Å². The highest BCUT2D eigenvalue weighted by Gasteiger charge is 2.19. The van der Waals surface area contributed by atoms with E-state index in [2.05, 4.69) is 0 Å². The average molecular weight is 268 g/mol. The molecular formula is C17H16O3. The molecule has 2 aromatic rings. The third-order valence-corrected chi connectivity index (χ3v) is 2.60. The summed E-state index contributed by atoms with van der Waals surface area (Å²) in [6.45, 7) is 0. The average Bonchev–Trinajstić information content (AvgIpc) is 2.45. The maximum absolute atomic E-state index is 11.2. The van der Waals surface area contributed by atoms with E-state index in [0.717, 1.165) is 5.56 Å². The summed E-state index contributed by atoms with van der Waals surface area (Å²) in [5, 5.41) is 8.63. The van der Waals surface area contributed by atoms with E-state index in [9.17, 15) is 9.59 Å². The van der Waals surface area contributed by atoms with E-state index in [0.29, 0.717) is 11.3 Å². The summed E-state index contributed by atoms with van der Waals surface area (Å²) in [7, 11) is 0. The molecule has 0 unspecified atom stereocenters. The highest BCUT2D eigenvalue weighted by Crippen LogP contribution is 2.16. The summed E-state index contributed by atoms with van der Waals surface area (Å²) < 4.78 is 0. The topological polar surface area (TPSA) is 54.4 Å². The van der Waals surface area contributed by atoms with Crippen LogP contribution in [0, 0.1) is 0 Å². The minimum Gasteiger partial charge on any atom is -0.508 e. The molecule has 1 N–H and O–H groups in total. The van der Waals surface area contributed by atoms with Gasteiger partial charge >= 0.3 is 0 Å². The van der Waals surface area contributed by atoms with Crippen LogP contribution in [0.25, 0.3) is 6.08 Å². The van der Waals surface area contributed by atoms with Crippen molar-refractivity contribution in [1.29, 1.82) is 0 Å². The fourth-order valence-electron chi connectivity index (χ4n) is 1.65. The van der Waals surface area contributed by atoms with Crippen molar-refractivity contribution in [3.63, 3.8) is 0 Å². The lowest BCUT2D eigenvalue weighted by atomic mass is 9.96. The number of phenols is 1. The molecule has 0 atom stereocenters. The predicted molar refractivity (Wildman–Crippen MR) is 79.7 cm³/mol. The zero-order chi connectivity index (χ0) is 13.7. The molecule has 0 bridgehead atoms. The Balaban J connectivity index is 0.000000216. The van der Waals surface area contributed by atoms with Gasteiger partial charge in [-0.15, -0.1) is 0 Å². The first-order valence-electron chi connectivity index (χ1n) is 5.78. The summed E-state index contributed by atoms with van der Waals surface area (Å²) in [6, 6.07) is 15.8. The van der Waals surface area contributed by atoms with Gasteiger partial charge in [-0.25, -0.2) is 0 Å². The Kier molecular flexibility index (Phi) is 5.42. The van der Waals surface area contributed by atoms with Crippen molar-refractivity contribution in [2.75, 3.05) is 0 Å². The van der Waals surface area contributed by atoms with Crippen LogP contribution in [0.15, 0.2) is 60.7 Å². The Morgan fingerprint density at radius 1 is 0.750 bits per heavy atom. The quantitative estimate of drug-likeness (QED) is 0.744. The van der Waals surface area contributed by atoms with Gasteiger partial charge in [0.1, 0.15) is 5.75 Å². The number of para-hydroxylation sites is 1. The van der Waals surface area contributed by atoms with Crippen LogP contribution < -0.4 is 0 Å². The molecule has 0 aromatic heterocycles. The fourth-order valence-corrected chi connectivity index (χ4v) is 1.65. The molecule has 0 saturated carbocycles. The molecule has 3 nitrogen and oxygen atoms in total. The Morgan fingerprint density at radius 3 is 1.95 bits per heavy atom. The van der Waals surface area contributed by atoms with Gasteiger partial charge in [-0.3, -0.25) is 9.59 Å². The number of ketones is 2. The summed E-state index contributed by atoms with van der Waals surface area (Å²) in [5.41, 5.74) is 1.33. The van der Waals surface area contributed by atoms with Crippen LogP contribution in [-0.2, 0) is 4.79 Å². The van der Waals surface area contributed by atoms with E-state index in [1.54, 1.807) is 42.5 Å². The van der Waals surface area contributed by atoms with Crippen LogP contribution in [0.1, 0.15) is 23.3 Å². The number of aromatic hydroxyl groups is 1. The van der Waals surface area contributed by atoms with Crippen LogP contribution in [0.3, 0.4) is 0 Å². The van der Waals surface area contributed by atoms with E-state index in [-0.39, 0.29) is 7.43 Å². The Hall–Kier alpha value is -2.68. The zero-order valence-corrected chi connectivity index (χ0v) is 10.1. The van der Waals surface area contributed by atoms with Gasteiger partial charge in [0.2, 0.25) is 11.6 Å². The minimum atomic E-state index is -0.436. The molecule has 3 rings (SSSR count). The van der Waals surface area contributed by atoms with Crippen LogP contribution in [-0.4, -0.2) is 16.7 Å². The van der Waals surface area contributed by atoms with Gasteiger partial charge in [0.25, 0.3) is 0 Å². The summed E-state index contributed by atoms with van der Waals surface area (Å²) in [4.78, 5) is 22.1. The number of phenolic OH excluding ortho intramolecular Hbond substituents is 1. The van der Waals surface area contributed by atoms with Crippen molar-refractivity contribution in [2.24, 2.45) is 0 Å². The number of allylic oxidation sites excluding steroid dienone is 1. The maximum atomic E-state index is 11.2. The SMILES string of the molecule is C.O=C1C=Cc2ccccc2C1=O.Oc1ccccc1. The molecule has 102 valence electrons. The van der Waals surface area contributed by atoms with Gasteiger partial charge in [-0.1, -0.05) is 56.0 Å². The van der Waals surface area contributed by atoms with E-state index < -0.39 is 11.6 Å². The number of benzene rings is 2. The molecule has 3 heteroatoms. The van der Waals surface area contributed by atoms with Crippen LogP contribution >= 0.6 is 0 Å². The van der Waals surface area contributed by atoms with Crippen molar-refractivity contribution in [1.82, 2.24) is 0 Å². The first kappa shape index (κ1) is 15.4. The second-order valence-corrected chi connectivity index (χ2v) is 3.95. The van der Waals surface area contributed by atoms with Crippen molar-refractivity contribution in [2.45, 2.75) is 7.43 Å². The number of carbonyl (C=O) groups excluding carboxylic acids is 2. The summed E-state index contributed by atoms with van der Waals surface area (Å²) in [5.74, 6) is -0.524. The Morgan fingerprint density at radius 2 is 1.35 bits per heavy atom. The number of hydrogen-bond donors (Lipinski definition) is 1. The Labute approximate surface area is 118 Å². The highest BCUT2D eigenvalue weighted by molar-refractivity contribution is 6.49. The summed E-state index contributed by atoms with van der Waals surface area (Å²) >= 11 is 0. The molecule has 0 heterocycles. The first-order chi connectivity index (χ1) is 9.18. The Bertz CT molecular complexity index is 628. The van der Waals surface area contributed by atoms with E-state index in [1.807, 2.05) is 18.2 Å². The molecular weight excluding hydrogens is 252 g/mol. The summed E-state index contributed by atoms with van der Waals surface area (Å²) in [6.07, 6.45) is 2.98. The van der Waals surface area contributed by atoms with Gasteiger partial charge in [0, 0.05) is 5.56 Å². The third kappa shape index (κ3) is 3.65. The largest absolute Gasteiger partial charge is 0.508 e. The molecule has 1 aliphatic carbocycles. The minimum absolute atomic E-state index is 0. The van der Waals surface area contributed by atoms with E-state index >= 15 is 0 Å². The maximum Gasteiger partial charge on any atom is 0.233 e. The lowest BCUT2D eigenvalue weighted by Gasteiger charge is -2.06. The molecule has 0 fully saturated rings. The molecule has 20 heavy (non-hydrogen) atoms. The molecule has 0 spiro atoms. The van der Waals surface area contributed by atoms with Gasteiger partial charge in [-0.2, -0.15) is 0 Å². The van der Waals surface area contributed by atoms with Crippen molar-refractivity contribution >= 4 is 17.6 Å². The fraction of sp³-hybridized carbons (Fsp3) is 0.0588. The number of carbonyl (C=O) groups is 2. The van der Waals surface area contributed by atoms with Gasteiger partial charge in [0.15, 0.2) is 0 Å². The van der Waals surface area contributed by atoms with Crippen molar-refractivity contribution in [3.8, 4) is 5.75 Å². The van der Waals surface area contributed by atoms with Gasteiger partial charge < -0.3 is 5.11 Å². The predicted octanol–water partition coefficient (Wildman–Crippen LogP) is 3.49. The van der Waals surface area contributed by atoms with Crippen LogP contribution in [0.2, 0.25) is 0 Å². The third-order valence-electron chi connectivity index (χ3n) is 2.60. The van der Waals surface area contributed by atoms with Gasteiger partial charge in [-0.05, 0) is 23.8 Å². The van der Waals surface area contributed by atoms with Crippen LogP contribution in [0.4, 0.5) is 0 Å². The monoisotopic (exact) mass is 268 g/mol. The van der Waals surface area contributed by atoms with E-state index in [1.165, 1.54) is 6.08 Å². The molecule has 0 amide bonds. The molecule has 0 aliphatic heterocycles. The lowest BCUT2D eigenvalue weighted by molar-refractivity contribution is -0.110. The van der Waals surface area contributed by atoms with E-state index in [4.69, 9.17) is 5.11 Å². The number of hydrogen-bond acceptors (Lipinski definition) is 3. The van der Waals surface area contributed by atoms with Crippen molar-refractivity contribution < 1.29 is 14.7 Å². The van der Waals surface area contributed by atoms with Crippen LogP contribution in [0.5, 0.6) is 5.75 Å². The zero-order valence-electron chi connectivity index (χ0n) is 10.1. The normalized spacial score (nSPS) is 11.8. The number of Topliss-reactive ketones (excluding diaryl/α,β-unsaturated/α-hetero) is 1. The number of rotatable bonds is 0. The molecule has 1 aliphatic rings. The smallest absolute Gasteiger partial charge is 0.233 e. The molecule has 0 radical (unpaired) electrons. The lowest BCUT2D eigenvalue weighted by Crippen LogP contribution is -2.15. The second kappa shape index (κ2) is 7.04. The first-order valence-corrected chi connectivity index (χ1v) is 5.78. The highest BCUT2D eigenvalue weighted by atomic mass is 16.3. The second-order valence-electron chi connectivity index (χ2n) is 3.95. The number of fused-ring (bicyclic) bond motifs is 1. The molecule has 2 aromatic carbocycles. The van der Waals surface area contributed by atoms with Gasteiger partial charge in [0.05, 0.1) is 0 Å².